The van der Waals surface area contributed by atoms with Gasteiger partial charge in [0.25, 0.3) is 0 Å². The lowest BCUT2D eigenvalue weighted by Gasteiger charge is -2.29. The molecule has 1 aromatic carbocycles. The first-order valence-electron chi connectivity index (χ1n) is 6.15. The number of esters is 2. The number of nitrogens with two attached hydrogens (primary N) is 1. The van der Waals surface area contributed by atoms with Gasteiger partial charge in [-0.3, -0.25) is 10.3 Å². The summed E-state index contributed by atoms with van der Waals surface area (Å²) in [5.41, 5.74) is 6.36. The van der Waals surface area contributed by atoms with E-state index in [4.69, 9.17) is 10.5 Å². The number of ether oxygens (including phenoxy) is 2. The Bertz CT molecular complexity index is 569. The van der Waals surface area contributed by atoms with Crippen LogP contribution in [0.15, 0.2) is 30.3 Å². The third-order valence-electron chi connectivity index (χ3n) is 2.93. The van der Waals surface area contributed by atoms with Crippen molar-refractivity contribution in [3.05, 3.63) is 35.9 Å². The molecule has 22 heavy (non-hydrogen) atoms. The number of rotatable bonds is 7. The Balaban J connectivity index is 3.04. The molecule has 0 aromatic heterocycles. The fourth-order valence-electron chi connectivity index (χ4n) is 1.66. The fraction of sp³-hybridized carbons (Fsp3) is 0.385. The Hall–Kier alpha value is -1.73. The fourth-order valence-corrected chi connectivity index (χ4v) is 2.99. The zero-order valence-electron chi connectivity index (χ0n) is 12.5. The summed E-state index contributed by atoms with van der Waals surface area (Å²) in [5.74, 6) is -2.55. The van der Waals surface area contributed by atoms with E-state index in [0.717, 1.165) is 21.3 Å². The third kappa shape index (κ3) is 3.36. The van der Waals surface area contributed by atoms with Crippen LogP contribution in [0.1, 0.15) is 5.56 Å². The highest BCUT2D eigenvalue weighted by Crippen LogP contribution is 2.57. The zero-order chi connectivity index (χ0) is 16.8. The average molecular weight is 331 g/mol. The van der Waals surface area contributed by atoms with Gasteiger partial charge in [-0.2, -0.15) is 0 Å². The molecule has 0 spiro atoms. The van der Waals surface area contributed by atoms with E-state index < -0.39 is 24.8 Å². The van der Waals surface area contributed by atoms with Gasteiger partial charge in [0.05, 0.1) is 7.11 Å². The molecule has 8 nitrogen and oxygen atoms in total. The van der Waals surface area contributed by atoms with Crippen LogP contribution in [0.3, 0.4) is 0 Å². The van der Waals surface area contributed by atoms with Crippen LogP contribution < -0.4 is 5.73 Å². The summed E-state index contributed by atoms with van der Waals surface area (Å²) in [6.07, 6.45) is 0. The summed E-state index contributed by atoms with van der Waals surface area (Å²) in [6.45, 7) is -0.164. The standard InChI is InChI=1S/C13H18NO7P/c1-18-11(15)13(14,22(17,19-2)20-3)12(16)21-9-10-7-5-4-6-8-10/h4-8H,9,14H2,1-3H3/t13-/m1/s1. The van der Waals surface area contributed by atoms with Crippen LogP contribution in [0.2, 0.25) is 0 Å². The monoisotopic (exact) mass is 331 g/mol. The maximum Gasteiger partial charge on any atom is 0.373 e. The van der Waals surface area contributed by atoms with Crippen molar-refractivity contribution >= 4 is 19.5 Å². The van der Waals surface area contributed by atoms with E-state index in [0.29, 0.717) is 5.56 Å². The Morgan fingerprint density at radius 3 is 2.09 bits per heavy atom. The summed E-state index contributed by atoms with van der Waals surface area (Å²) in [7, 11) is -1.34. The molecule has 0 heterocycles. The molecular weight excluding hydrogens is 313 g/mol. The van der Waals surface area contributed by atoms with Gasteiger partial charge in [-0.05, 0) is 5.56 Å². The molecule has 0 saturated heterocycles. The van der Waals surface area contributed by atoms with Gasteiger partial charge in [0.2, 0.25) is 0 Å². The van der Waals surface area contributed by atoms with Gasteiger partial charge in [0, 0.05) is 14.2 Å². The second-order valence-electron chi connectivity index (χ2n) is 4.18. The minimum Gasteiger partial charge on any atom is -0.467 e. The van der Waals surface area contributed by atoms with Crippen molar-refractivity contribution < 1.29 is 32.7 Å². The predicted molar refractivity (Wildman–Crippen MR) is 76.8 cm³/mol. The minimum atomic E-state index is -4.32. The summed E-state index contributed by atoms with van der Waals surface area (Å²) in [4.78, 5) is 24.1. The Labute approximate surface area is 128 Å². The van der Waals surface area contributed by atoms with Crippen LogP contribution in [0.5, 0.6) is 0 Å². The van der Waals surface area contributed by atoms with E-state index >= 15 is 0 Å². The first kappa shape index (κ1) is 18.3. The molecule has 0 fully saturated rings. The molecule has 0 radical (unpaired) electrons. The van der Waals surface area contributed by atoms with E-state index in [9.17, 15) is 14.2 Å². The first-order valence-corrected chi connectivity index (χ1v) is 7.70. The molecule has 1 atom stereocenters. The lowest BCUT2D eigenvalue weighted by Crippen LogP contribution is -2.56. The highest BCUT2D eigenvalue weighted by atomic mass is 31.2. The van der Waals surface area contributed by atoms with Crippen molar-refractivity contribution in [1.29, 1.82) is 0 Å². The van der Waals surface area contributed by atoms with Gasteiger partial charge < -0.3 is 18.5 Å². The zero-order valence-corrected chi connectivity index (χ0v) is 13.4. The lowest BCUT2D eigenvalue weighted by molar-refractivity contribution is -0.159. The molecule has 0 aliphatic rings. The number of carbonyl (C=O) groups is 2. The van der Waals surface area contributed by atoms with Crippen LogP contribution in [-0.2, 0) is 39.3 Å². The van der Waals surface area contributed by atoms with Gasteiger partial charge >= 0.3 is 24.8 Å². The van der Waals surface area contributed by atoms with Crippen molar-refractivity contribution in [3.63, 3.8) is 0 Å². The molecule has 2 N–H and O–H groups in total. The van der Waals surface area contributed by atoms with Crippen LogP contribution in [-0.4, -0.2) is 38.5 Å². The first-order chi connectivity index (χ1) is 10.4. The van der Waals surface area contributed by atoms with Crippen molar-refractivity contribution in [2.24, 2.45) is 5.73 Å². The van der Waals surface area contributed by atoms with E-state index in [1.165, 1.54) is 0 Å². The number of hydrogen-bond donors (Lipinski definition) is 1. The van der Waals surface area contributed by atoms with Crippen LogP contribution in [0.25, 0.3) is 0 Å². The SMILES string of the molecule is COC(=O)[C@](N)(C(=O)OCc1ccccc1)P(=O)(OC)OC. The molecule has 9 heteroatoms. The normalized spacial score (nSPS) is 14.0. The second kappa shape index (κ2) is 7.51. The number of benzene rings is 1. The molecule has 0 saturated carbocycles. The summed E-state index contributed by atoms with van der Waals surface area (Å²) < 4.78 is 31.2. The minimum absolute atomic E-state index is 0.164. The predicted octanol–water partition coefficient (Wildman–Crippen LogP) is 1.04. The maximum absolute atomic E-state index is 12.5. The smallest absolute Gasteiger partial charge is 0.373 e. The molecule has 0 aliphatic heterocycles. The number of methoxy groups -OCH3 is 1. The Morgan fingerprint density at radius 2 is 1.64 bits per heavy atom. The van der Waals surface area contributed by atoms with Gasteiger partial charge in [0.15, 0.2) is 0 Å². The third-order valence-corrected chi connectivity index (χ3v) is 5.12. The largest absolute Gasteiger partial charge is 0.467 e. The molecule has 1 aromatic rings. The van der Waals surface area contributed by atoms with Crippen LogP contribution in [0.4, 0.5) is 0 Å². The molecular formula is C13H18NO7P. The quantitative estimate of drug-likeness (QED) is 0.448. The van der Waals surface area contributed by atoms with Gasteiger partial charge in [-0.15, -0.1) is 0 Å². The van der Waals surface area contributed by atoms with Crippen molar-refractivity contribution in [2.75, 3.05) is 21.3 Å². The molecule has 0 amide bonds. The van der Waals surface area contributed by atoms with Gasteiger partial charge in [-0.25, -0.2) is 9.59 Å². The summed E-state index contributed by atoms with van der Waals surface area (Å²) in [5, 5.41) is -2.71. The molecule has 1 rings (SSSR count). The van der Waals surface area contributed by atoms with Crippen LogP contribution in [0, 0.1) is 0 Å². The second-order valence-corrected chi connectivity index (χ2v) is 6.61. The maximum atomic E-state index is 12.5. The number of carbonyl (C=O) groups excluding carboxylic acids is 2. The van der Waals surface area contributed by atoms with E-state index in [1.807, 2.05) is 0 Å². The van der Waals surface area contributed by atoms with E-state index in [1.54, 1.807) is 30.3 Å². The van der Waals surface area contributed by atoms with Crippen LogP contribution >= 0.6 is 7.60 Å². The van der Waals surface area contributed by atoms with Gasteiger partial charge in [-0.1, -0.05) is 30.3 Å². The Kier molecular flexibility index (Phi) is 6.25. The molecule has 122 valence electrons. The highest BCUT2D eigenvalue weighted by molar-refractivity contribution is 7.58. The highest BCUT2D eigenvalue weighted by Gasteiger charge is 2.62. The average Bonchev–Trinajstić information content (AvgIpc) is 2.58. The van der Waals surface area contributed by atoms with E-state index in [2.05, 4.69) is 13.8 Å². The van der Waals surface area contributed by atoms with Gasteiger partial charge in [0.1, 0.15) is 6.61 Å². The molecule has 0 bridgehead atoms. The summed E-state index contributed by atoms with van der Waals surface area (Å²) >= 11 is 0. The topological polar surface area (TPSA) is 114 Å². The van der Waals surface area contributed by atoms with E-state index in [-0.39, 0.29) is 6.61 Å². The van der Waals surface area contributed by atoms with Crippen molar-refractivity contribution in [2.45, 2.75) is 11.9 Å². The number of hydrogen-bond acceptors (Lipinski definition) is 8. The van der Waals surface area contributed by atoms with Crippen molar-refractivity contribution in [1.82, 2.24) is 0 Å². The molecule has 0 aliphatic carbocycles. The van der Waals surface area contributed by atoms with Crippen molar-refractivity contribution in [3.8, 4) is 0 Å². The Morgan fingerprint density at radius 1 is 1.09 bits per heavy atom. The lowest BCUT2D eigenvalue weighted by atomic mass is 10.2. The summed E-state index contributed by atoms with van der Waals surface area (Å²) in [6, 6.07) is 8.69. The molecule has 0 unspecified atom stereocenters.